The van der Waals surface area contributed by atoms with Crippen LogP contribution in [0.2, 0.25) is 0 Å². The van der Waals surface area contributed by atoms with Crippen molar-refractivity contribution in [2.24, 2.45) is 0 Å². The first-order valence-corrected chi connectivity index (χ1v) is 5.24. The van der Waals surface area contributed by atoms with E-state index in [4.69, 9.17) is 0 Å². The maximum atomic E-state index is 10.9. The smallest absolute Gasteiger partial charge is 0.335 e. The number of carbonyl (C=O) groups excluding carboxylic acids is 1. The van der Waals surface area contributed by atoms with Gasteiger partial charge in [0.15, 0.2) is 2.14 Å². The Morgan fingerprint density at radius 2 is 2.00 bits per heavy atom. The van der Waals surface area contributed by atoms with Gasteiger partial charge in [-0.3, -0.25) is 0 Å². The van der Waals surface area contributed by atoms with Crippen molar-refractivity contribution in [2.75, 3.05) is 0 Å². The Morgan fingerprint density at radius 3 is 2.25 bits per heavy atom. The van der Waals surface area contributed by atoms with Crippen LogP contribution < -0.4 is 0 Å². The van der Waals surface area contributed by atoms with Crippen molar-refractivity contribution in [3.63, 3.8) is 0 Å². The van der Waals surface area contributed by atoms with E-state index in [-0.39, 0.29) is 5.57 Å². The summed E-state index contributed by atoms with van der Waals surface area (Å²) in [6.45, 7) is 4.85. The lowest BCUT2D eigenvalue weighted by atomic mass is 10.4. The predicted molar refractivity (Wildman–Crippen MR) is 56.4 cm³/mol. The van der Waals surface area contributed by atoms with Gasteiger partial charge in [0.25, 0.3) is 0 Å². The standard InChI is InChI=1S/C6H7Br3O3/c1-3(2)4(10)12-5(11)6(7,8)9/h5,11H,1H2,2H3. The summed E-state index contributed by atoms with van der Waals surface area (Å²) >= 11 is 8.99. The molecule has 0 bridgehead atoms. The minimum atomic E-state index is -1.33. The van der Waals surface area contributed by atoms with Crippen molar-refractivity contribution in [3.05, 3.63) is 12.2 Å². The quantitative estimate of drug-likeness (QED) is 0.353. The monoisotopic (exact) mass is 364 g/mol. The van der Waals surface area contributed by atoms with Gasteiger partial charge < -0.3 is 9.84 Å². The highest BCUT2D eigenvalue weighted by Gasteiger charge is 2.32. The number of aliphatic hydroxyl groups is 1. The average molecular weight is 367 g/mol. The molecule has 12 heavy (non-hydrogen) atoms. The molecule has 0 rings (SSSR count). The van der Waals surface area contributed by atoms with E-state index in [1.165, 1.54) is 6.92 Å². The van der Waals surface area contributed by atoms with Gasteiger partial charge in [-0.2, -0.15) is 0 Å². The van der Waals surface area contributed by atoms with Crippen molar-refractivity contribution >= 4 is 53.8 Å². The second-order valence-corrected chi connectivity index (χ2v) is 9.02. The van der Waals surface area contributed by atoms with Gasteiger partial charge in [0.05, 0.1) is 0 Å². The van der Waals surface area contributed by atoms with Crippen LogP contribution in [0.3, 0.4) is 0 Å². The zero-order valence-corrected chi connectivity index (χ0v) is 10.9. The number of hydrogen-bond acceptors (Lipinski definition) is 3. The summed E-state index contributed by atoms with van der Waals surface area (Å²) in [6.07, 6.45) is -1.33. The first-order valence-electron chi connectivity index (χ1n) is 2.86. The molecule has 0 fully saturated rings. The van der Waals surface area contributed by atoms with Gasteiger partial charge in [-0.15, -0.1) is 0 Å². The fourth-order valence-corrected chi connectivity index (χ4v) is 0.549. The molecule has 0 saturated carbocycles. The number of alkyl halides is 3. The molecule has 0 aliphatic rings. The number of rotatable bonds is 2. The molecule has 0 aliphatic heterocycles. The zero-order chi connectivity index (χ0) is 9.94. The van der Waals surface area contributed by atoms with Crippen molar-refractivity contribution < 1.29 is 14.6 Å². The minimum absolute atomic E-state index is 0.228. The number of halogens is 3. The molecule has 0 aromatic carbocycles. The molecule has 0 radical (unpaired) electrons. The third-order valence-corrected chi connectivity index (χ3v) is 2.02. The summed E-state index contributed by atoms with van der Waals surface area (Å²) in [7, 11) is 0. The number of ether oxygens (including phenoxy) is 1. The van der Waals surface area contributed by atoms with E-state index in [9.17, 15) is 9.90 Å². The topological polar surface area (TPSA) is 46.5 Å². The maximum absolute atomic E-state index is 10.9. The average Bonchev–Trinajstić information content (AvgIpc) is 1.85. The number of esters is 1. The van der Waals surface area contributed by atoms with Crippen LogP contribution in [0.25, 0.3) is 0 Å². The van der Waals surface area contributed by atoms with E-state index in [1.807, 2.05) is 0 Å². The molecule has 1 unspecified atom stereocenters. The van der Waals surface area contributed by atoms with Crippen LogP contribution in [-0.4, -0.2) is 19.5 Å². The van der Waals surface area contributed by atoms with Crippen LogP contribution >= 0.6 is 47.8 Å². The number of aliphatic hydroxyl groups excluding tert-OH is 1. The normalized spacial score (nSPS) is 13.8. The fraction of sp³-hybridized carbons (Fsp3) is 0.500. The first kappa shape index (κ1) is 12.6. The van der Waals surface area contributed by atoms with Crippen molar-refractivity contribution in [2.45, 2.75) is 15.4 Å². The highest BCUT2D eigenvalue weighted by molar-refractivity contribution is 9.39. The summed E-state index contributed by atoms with van der Waals surface area (Å²) < 4.78 is 3.54. The summed E-state index contributed by atoms with van der Waals surface area (Å²) in [6, 6.07) is 0. The van der Waals surface area contributed by atoms with E-state index in [0.717, 1.165) is 0 Å². The largest absolute Gasteiger partial charge is 0.429 e. The summed E-state index contributed by atoms with van der Waals surface area (Å²) in [4.78, 5) is 10.9. The maximum Gasteiger partial charge on any atom is 0.335 e. The molecule has 0 aromatic heterocycles. The van der Waals surface area contributed by atoms with Crippen LogP contribution in [0, 0.1) is 0 Å². The van der Waals surface area contributed by atoms with Gasteiger partial charge in [-0.1, -0.05) is 54.4 Å². The third kappa shape index (κ3) is 4.59. The van der Waals surface area contributed by atoms with Gasteiger partial charge >= 0.3 is 5.97 Å². The van der Waals surface area contributed by atoms with Crippen LogP contribution in [-0.2, 0) is 9.53 Å². The summed E-state index contributed by atoms with van der Waals surface area (Å²) in [5.74, 6) is -0.648. The van der Waals surface area contributed by atoms with E-state index in [2.05, 4.69) is 59.1 Å². The minimum Gasteiger partial charge on any atom is -0.429 e. The highest BCUT2D eigenvalue weighted by atomic mass is 80.0. The Kier molecular flexibility index (Phi) is 4.98. The lowest BCUT2D eigenvalue weighted by molar-refractivity contribution is -0.160. The number of carbonyl (C=O) groups is 1. The van der Waals surface area contributed by atoms with E-state index in [0.29, 0.717) is 0 Å². The van der Waals surface area contributed by atoms with E-state index in [1.54, 1.807) is 0 Å². The Balaban J connectivity index is 4.11. The molecule has 6 heteroatoms. The SMILES string of the molecule is C=C(C)C(=O)OC(O)C(Br)(Br)Br. The molecule has 0 amide bonds. The first-order chi connectivity index (χ1) is 5.25. The molecule has 0 aromatic rings. The van der Waals surface area contributed by atoms with E-state index >= 15 is 0 Å². The predicted octanol–water partition coefficient (Wildman–Crippen LogP) is 2.26. The van der Waals surface area contributed by atoms with Crippen molar-refractivity contribution in [1.82, 2.24) is 0 Å². The van der Waals surface area contributed by atoms with Crippen molar-refractivity contribution in [1.29, 1.82) is 0 Å². The molecule has 1 N–H and O–H groups in total. The molecule has 1 atom stereocenters. The van der Waals surface area contributed by atoms with Gasteiger partial charge in [0.2, 0.25) is 6.29 Å². The molecule has 0 aliphatic carbocycles. The summed E-state index contributed by atoms with van der Waals surface area (Å²) in [5.41, 5.74) is 0.228. The molecule has 0 spiro atoms. The highest BCUT2D eigenvalue weighted by Crippen LogP contribution is 2.37. The fourth-order valence-electron chi connectivity index (χ4n) is 0.269. The van der Waals surface area contributed by atoms with Crippen molar-refractivity contribution in [3.8, 4) is 0 Å². The Hall–Kier alpha value is 0.610. The third-order valence-electron chi connectivity index (χ3n) is 0.847. The lowest BCUT2D eigenvalue weighted by Gasteiger charge is -2.19. The Morgan fingerprint density at radius 1 is 1.58 bits per heavy atom. The van der Waals surface area contributed by atoms with Crippen LogP contribution in [0.4, 0.5) is 0 Å². The zero-order valence-electron chi connectivity index (χ0n) is 6.18. The summed E-state index contributed by atoms with van der Waals surface area (Å²) in [5, 5.41) is 9.18. The number of hydrogen-bond donors (Lipinski definition) is 1. The molecule has 0 saturated heterocycles. The Bertz CT molecular complexity index is 197. The van der Waals surface area contributed by atoms with Crippen LogP contribution in [0.1, 0.15) is 6.92 Å². The van der Waals surface area contributed by atoms with Gasteiger partial charge in [-0.25, -0.2) is 4.79 Å². The van der Waals surface area contributed by atoms with Gasteiger partial charge in [0.1, 0.15) is 0 Å². The van der Waals surface area contributed by atoms with Gasteiger partial charge in [-0.05, 0) is 6.92 Å². The van der Waals surface area contributed by atoms with Crippen LogP contribution in [0.5, 0.6) is 0 Å². The van der Waals surface area contributed by atoms with Crippen LogP contribution in [0.15, 0.2) is 12.2 Å². The molecular formula is C6H7Br3O3. The van der Waals surface area contributed by atoms with E-state index < -0.39 is 14.4 Å². The lowest BCUT2D eigenvalue weighted by Crippen LogP contribution is -2.29. The second-order valence-electron chi connectivity index (χ2n) is 2.08. The molecule has 3 nitrogen and oxygen atoms in total. The Labute approximate surface area is 95.5 Å². The molecular weight excluding hydrogens is 360 g/mol. The molecule has 0 heterocycles. The second kappa shape index (κ2) is 4.74. The molecule has 70 valence electrons. The van der Waals surface area contributed by atoms with Gasteiger partial charge in [0, 0.05) is 5.57 Å².